The number of nitro benzene ring substituents is 1. The molecule has 0 spiro atoms. The van der Waals surface area contributed by atoms with E-state index in [-0.39, 0.29) is 28.5 Å². The van der Waals surface area contributed by atoms with Crippen molar-refractivity contribution in [3.05, 3.63) is 72.7 Å². The Morgan fingerprint density at radius 3 is 2.79 bits per heavy atom. The number of halogens is 1. The molecule has 0 aliphatic carbocycles. The molecule has 0 radical (unpaired) electrons. The van der Waals surface area contributed by atoms with Crippen LogP contribution < -0.4 is 5.56 Å². The predicted octanol–water partition coefficient (Wildman–Crippen LogP) is 4.17. The summed E-state index contributed by atoms with van der Waals surface area (Å²) < 4.78 is 1.89. The summed E-state index contributed by atoms with van der Waals surface area (Å²) in [5.41, 5.74) is 0.0384. The van der Waals surface area contributed by atoms with Crippen molar-refractivity contribution in [2.75, 3.05) is 0 Å². The van der Waals surface area contributed by atoms with Crippen molar-refractivity contribution in [2.24, 2.45) is 5.10 Å². The summed E-state index contributed by atoms with van der Waals surface area (Å²) >= 11 is 3.34. The minimum absolute atomic E-state index is 0.0583. The normalized spacial score (nSPS) is 12.5. The fourth-order valence-electron chi connectivity index (χ4n) is 2.71. The number of rotatable bonds is 5. The fraction of sp³-hybridized carbons (Fsp3) is 0.211. The summed E-state index contributed by atoms with van der Waals surface area (Å²) in [6.07, 6.45) is 1.92. The molecule has 3 rings (SSSR count). The molecule has 0 fully saturated rings. The predicted molar refractivity (Wildman–Crippen MR) is 110 cm³/mol. The van der Waals surface area contributed by atoms with E-state index in [9.17, 15) is 20.0 Å². The van der Waals surface area contributed by atoms with Gasteiger partial charge in [0.15, 0.2) is 0 Å². The third-order valence-electron chi connectivity index (χ3n) is 4.41. The number of fused-ring (bicyclic) bond motifs is 1. The molecule has 144 valence electrons. The van der Waals surface area contributed by atoms with Crippen molar-refractivity contribution < 1.29 is 10.0 Å². The number of phenols is 1. The summed E-state index contributed by atoms with van der Waals surface area (Å²) in [4.78, 5) is 28.3. The van der Waals surface area contributed by atoms with E-state index in [4.69, 9.17) is 0 Å². The zero-order valence-electron chi connectivity index (χ0n) is 15.2. The van der Waals surface area contributed by atoms with Gasteiger partial charge in [-0.15, -0.1) is 0 Å². The Labute approximate surface area is 168 Å². The lowest BCUT2D eigenvalue weighted by Crippen LogP contribution is -2.23. The van der Waals surface area contributed by atoms with E-state index < -0.39 is 4.92 Å². The Hall–Kier alpha value is -3.07. The van der Waals surface area contributed by atoms with Gasteiger partial charge in [0.2, 0.25) is 0 Å². The average molecular weight is 445 g/mol. The molecule has 2 aromatic carbocycles. The van der Waals surface area contributed by atoms with Crippen LogP contribution in [-0.4, -0.2) is 25.9 Å². The lowest BCUT2D eigenvalue weighted by Gasteiger charge is -2.14. The van der Waals surface area contributed by atoms with Crippen LogP contribution in [-0.2, 0) is 0 Å². The minimum atomic E-state index is -0.575. The van der Waals surface area contributed by atoms with Gasteiger partial charge in [0.1, 0.15) is 11.6 Å². The standard InChI is InChI=1S/C19H17BrN4O4/c1-3-11(2)18-22-16-6-4-13(20)9-15(16)19(26)23(18)21-10-12-8-14(25)5-7-17(12)24(27)28/h4-11,25H,3H2,1-2H3/t11-/m0/s1. The number of phenolic OH excluding ortho intramolecular Hbond substituents is 1. The lowest BCUT2D eigenvalue weighted by molar-refractivity contribution is -0.385. The number of nitro groups is 1. The van der Waals surface area contributed by atoms with Crippen molar-refractivity contribution in [1.29, 1.82) is 0 Å². The second kappa shape index (κ2) is 7.89. The third-order valence-corrected chi connectivity index (χ3v) is 4.90. The van der Waals surface area contributed by atoms with Gasteiger partial charge in [-0.2, -0.15) is 9.78 Å². The van der Waals surface area contributed by atoms with Crippen LogP contribution in [0.4, 0.5) is 5.69 Å². The first-order valence-electron chi connectivity index (χ1n) is 8.55. The van der Waals surface area contributed by atoms with Crippen LogP contribution in [0.2, 0.25) is 0 Å². The lowest BCUT2D eigenvalue weighted by atomic mass is 10.1. The summed E-state index contributed by atoms with van der Waals surface area (Å²) in [7, 11) is 0. The molecular weight excluding hydrogens is 428 g/mol. The highest BCUT2D eigenvalue weighted by Crippen LogP contribution is 2.23. The molecule has 9 heteroatoms. The van der Waals surface area contributed by atoms with Crippen LogP contribution in [0.15, 0.2) is 50.8 Å². The molecule has 1 atom stereocenters. The SMILES string of the molecule is CC[C@H](C)c1nc2ccc(Br)cc2c(=O)n1N=Cc1cc(O)ccc1[N+](=O)[O-]. The van der Waals surface area contributed by atoms with Gasteiger partial charge >= 0.3 is 0 Å². The van der Waals surface area contributed by atoms with E-state index in [1.807, 2.05) is 13.8 Å². The van der Waals surface area contributed by atoms with E-state index in [1.54, 1.807) is 18.2 Å². The van der Waals surface area contributed by atoms with E-state index in [0.717, 1.165) is 15.6 Å². The Kier molecular flexibility index (Phi) is 5.55. The molecule has 1 aromatic heterocycles. The van der Waals surface area contributed by atoms with Crippen molar-refractivity contribution in [1.82, 2.24) is 9.66 Å². The number of aromatic nitrogens is 2. The van der Waals surface area contributed by atoms with Crippen LogP contribution >= 0.6 is 15.9 Å². The third kappa shape index (κ3) is 3.79. The van der Waals surface area contributed by atoms with Crippen molar-refractivity contribution in [3.63, 3.8) is 0 Å². The first-order chi connectivity index (χ1) is 13.3. The Bertz CT molecular complexity index is 1160. The van der Waals surface area contributed by atoms with Gasteiger partial charge in [-0.1, -0.05) is 29.8 Å². The molecule has 0 bridgehead atoms. The van der Waals surface area contributed by atoms with Crippen molar-refractivity contribution >= 4 is 38.7 Å². The molecule has 0 saturated heterocycles. The number of hydrogen-bond acceptors (Lipinski definition) is 6. The highest BCUT2D eigenvalue weighted by Gasteiger charge is 2.17. The monoisotopic (exact) mass is 444 g/mol. The Morgan fingerprint density at radius 2 is 2.11 bits per heavy atom. The topological polar surface area (TPSA) is 111 Å². The maximum atomic E-state index is 13.0. The summed E-state index contributed by atoms with van der Waals surface area (Å²) in [5, 5.41) is 25.4. The molecule has 0 unspecified atom stereocenters. The number of aromatic hydroxyl groups is 1. The Morgan fingerprint density at radius 1 is 1.36 bits per heavy atom. The number of hydrogen-bond donors (Lipinski definition) is 1. The second-order valence-electron chi connectivity index (χ2n) is 6.30. The smallest absolute Gasteiger partial charge is 0.282 e. The van der Waals surface area contributed by atoms with E-state index in [2.05, 4.69) is 26.0 Å². The van der Waals surface area contributed by atoms with Gasteiger partial charge in [-0.3, -0.25) is 14.9 Å². The van der Waals surface area contributed by atoms with Crippen molar-refractivity contribution in [3.8, 4) is 5.75 Å². The first kappa shape index (κ1) is 19.7. The van der Waals surface area contributed by atoms with Gasteiger partial charge in [0.25, 0.3) is 11.2 Å². The largest absolute Gasteiger partial charge is 0.508 e. The molecule has 0 aliphatic heterocycles. The van der Waals surface area contributed by atoms with Crippen LogP contribution in [0.5, 0.6) is 5.75 Å². The number of nitrogens with zero attached hydrogens (tertiary/aromatic N) is 4. The quantitative estimate of drug-likeness (QED) is 0.360. The molecule has 1 heterocycles. The molecule has 0 saturated carbocycles. The van der Waals surface area contributed by atoms with Crippen molar-refractivity contribution in [2.45, 2.75) is 26.2 Å². The molecule has 3 aromatic rings. The first-order valence-corrected chi connectivity index (χ1v) is 9.35. The second-order valence-corrected chi connectivity index (χ2v) is 7.22. The van der Waals surface area contributed by atoms with Crippen LogP contribution in [0.3, 0.4) is 0 Å². The number of benzene rings is 2. The molecular formula is C19H17BrN4O4. The highest BCUT2D eigenvalue weighted by atomic mass is 79.9. The fourth-order valence-corrected chi connectivity index (χ4v) is 3.07. The minimum Gasteiger partial charge on any atom is -0.508 e. The zero-order chi connectivity index (χ0) is 20.4. The van der Waals surface area contributed by atoms with E-state index in [1.165, 1.54) is 24.4 Å². The van der Waals surface area contributed by atoms with Crippen LogP contribution in [0.1, 0.15) is 37.6 Å². The summed E-state index contributed by atoms with van der Waals surface area (Å²) in [6, 6.07) is 8.85. The van der Waals surface area contributed by atoms with Gasteiger partial charge in [0, 0.05) is 16.5 Å². The molecule has 8 nitrogen and oxygen atoms in total. The van der Waals surface area contributed by atoms with Gasteiger partial charge < -0.3 is 5.11 Å². The molecule has 28 heavy (non-hydrogen) atoms. The summed E-state index contributed by atoms with van der Waals surface area (Å²) in [6.45, 7) is 3.89. The van der Waals surface area contributed by atoms with Crippen LogP contribution in [0.25, 0.3) is 10.9 Å². The molecule has 0 aliphatic rings. The summed E-state index contributed by atoms with van der Waals surface area (Å²) in [5.74, 6) is 0.264. The van der Waals surface area contributed by atoms with Gasteiger partial charge in [0.05, 0.1) is 27.6 Å². The van der Waals surface area contributed by atoms with Gasteiger partial charge in [-0.25, -0.2) is 4.98 Å². The maximum Gasteiger partial charge on any atom is 0.282 e. The average Bonchev–Trinajstić information content (AvgIpc) is 2.66. The molecule has 0 amide bonds. The van der Waals surface area contributed by atoms with E-state index >= 15 is 0 Å². The van der Waals surface area contributed by atoms with E-state index in [0.29, 0.717) is 16.7 Å². The zero-order valence-corrected chi connectivity index (χ0v) is 16.8. The van der Waals surface area contributed by atoms with Crippen LogP contribution in [0, 0.1) is 10.1 Å². The van der Waals surface area contributed by atoms with Gasteiger partial charge in [-0.05, 0) is 36.8 Å². The maximum absolute atomic E-state index is 13.0. The highest BCUT2D eigenvalue weighted by molar-refractivity contribution is 9.10. The molecule has 1 N–H and O–H groups in total. The Balaban J connectivity index is 2.23.